The second kappa shape index (κ2) is 7.97. The van der Waals surface area contributed by atoms with Gasteiger partial charge in [0.2, 0.25) is 5.91 Å². The van der Waals surface area contributed by atoms with Gasteiger partial charge in [-0.2, -0.15) is 0 Å². The van der Waals surface area contributed by atoms with E-state index in [1.54, 1.807) is 4.90 Å². The van der Waals surface area contributed by atoms with Gasteiger partial charge in [-0.25, -0.2) is 0 Å². The summed E-state index contributed by atoms with van der Waals surface area (Å²) in [5.41, 5.74) is -0.296. The molecule has 0 unspecified atom stereocenters. The molecule has 1 rings (SSSR count). The molecule has 0 aliphatic carbocycles. The van der Waals surface area contributed by atoms with E-state index in [0.29, 0.717) is 19.6 Å². The topological polar surface area (TPSA) is 90.5 Å². The van der Waals surface area contributed by atoms with Crippen molar-refractivity contribution in [2.75, 3.05) is 32.7 Å². The highest BCUT2D eigenvalue weighted by atomic mass is 16.2. The number of carbonyl (C=O) groups is 3. The Bertz CT molecular complexity index is 382. The molecule has 0 atom stereocenters. The molecule has 3 amide bonds. The highest BCUT2D eigenvalue weighted by Crippen LogP contribution is 1.99. The van der Waals surface area contributed by atoms with Crippen molar-refractivity contribution in [2.24, 2.45) is 0 Å². The molecule has 1 aliphatic heterocycles. The minimum absolute atomic E-state index is 0.144. The van der Waals surface area contributed by atoms with Crippen molar-refractivity contribution >= 4 is 17.7 Å². The normalized spacial score (nSPS) is 16.0. The van der Waals surface area contributed by atoms with Crippen molar-refractivity contribution < 1.29 is 14.4 Å². The van der Waals surface area contributed by atoms with Crippen molar-refractivity contribution in [2.45, 2.75) is 39.2 Å². The van der Waals surface area contributed by atoms with E-state index in [-0.39, 0.29) is 24.4 Å². The molecule has 0 aromatic carbocycles. The van der Waals surface area contributed by atoms with E-state index >= 15 is 0 Å². The van der Waals surface area contributed by atoms with E-state index in [2.05, 4.69) is 16.0 Å². The molecule has 120 valence electrons. The molecule has 0 aromatic heterocycles. The number of carbonyl (C=O) groups excluding carboxylic acids is 3. The summed E-state index contributed by atoms with van der Waals surface area (Å²) in [6, 6.07) is 0. The molecule has 1 heterocycles. The first kappa shape index (κ1) is 17.4. The average Bonchev–Trinajstić information content (AvgIpc) is 2.64. The molecule has 1 fully saturated rings. The first-order valence-corrected chi connectivity index (χ1v) is 7.38. The second-order valence-electron chi connectivity index (χ2n) is 6.20. The zero-order valence-corrected chi connectivity index (χ0v) is 13.1. The Hall–Kier alpha value is -1.63. The van der Waals surface area contributed by atoms with Gasteiger partial charge in [0, 0.05) is 38.1 Å². The summed E-state index contributed by atoms with van der Waals surface area (Å²) < 4.78 is 0. The van der Waals surface area contributed by atoms with Gasteiger partial charge in [0.05, 0.1) is 0 Å². The largest absolute Gasteiger partial charge is 0.351 e. The summed E-state index contributed by atoms with van der Waals surface area (Å²) in [5.74, 6) is -1.30. The Morgan fingerprint density at radius 3 is 2.52 bits per heavy atom. The van der Waals surface area contributed by atoms with Crippen molar-refractivity contribution in [1.82, 2.24) is 20.9 Å². The van der Waals surface area contributed by atoms with Gasteiger partial charge in [0.15, 0.2) is 0 Å². The number of nitrogens with one attached hydrogen (secondary N) is 3. The van der Waals surface area contributed by atoms with Crippen LogP contribution >= 0.6 is 0 Å². The third kappa shape index (κ3) is 7.08. The summed E-state index contributed by atoms with van der Waals surface area (Å²) >= 11 is 0. The van der Waals surface area contributed by atoms with Crippen LogP contribution in [0.2, 0.25) is 0 Å². The number of amides is 3. The van der Waals surface area contributed by atoms with E-state index in [1.807, 2.05) is 20.8 Å². The maximum absolute atomic E-state index is 11.9. The fourth-order valence-corrected chi connectivity index (χ4v) is 2.04. The molecule has 0 bridgehead atoms. The molecule has 1 aliphatic rings. The first-order chi connectivity index (χ1) is 9.79. The van der Waals surface area contributed by atoms with Crippen LogP contribution in [-0.2, 0) is 14.4 Å². The molecule has 0 radical (unpaired) electrons. The van der Waals surface area contributed by atoms with Gasteiger partial charge in [0.25, 0.3) is 0 Å². The SMILES string of the molecule is CC(C)(C)NC(=O)CCNC(=O)C(=O)N1CCCNCC1. The number of nitrogens with zero attached hydrogens (tertiary/aromatic N) is 1. The number of rotatable bonds is 3. The third-order valence-electron chi connectivity index (χ3n) is 2.97. The molecular weight excluding hydrogens is 272 g/mol. The van der Waals surface area contributed by atoms with Gasteiger partial charge in [0.1, 0.15) is 0 Å². The van der Waals surface area contributed by atoms with Crippen LogP contribution in [-0.4, -0.2) is 60.9 Å². The zero-order chi connectivity index (χ0) is 15.9. The molecule has 7 heteroatoms. The number of hydrogen-bond acceptors (Lipinski definition) is 4. The van der Waals surface area contributed by atoms with Crippen molar-refractivity contribution in [1.29, 1.82) is 0 Å². The highest BCUT2D eigenvalue weighted by Gasteiger charge is 2.22. The Morgan fingerprint density at radius 2 is 1.86 bits per heavy atom. The Balaban J connectivity index is 2.29. The second-order valence-corrected chi connectivity index (χ2v) is 6.20. The molecule has 1 saturated heterocycles. The first-order valence-electron chi connectivity index (χ1n) is 7.38. The van der Waals surface area contributed by atoms with Crippen LogP contribution in [0.1, 0.15) is 33.6 Å². The van der Waals surface area contributed by atoms with Gasteiger partial charge in [-0.3, -0.25) is 14.4 Å². The Labute approximate surface area is 125 Å². The van der Waals surface area contributed by atoms with Crippen LogP contribution in [0, 0.1) is 0 Å². The summed E-state index contributed by atoms with van der Waals surface area (Å²) in [7, 11) is 0. The molecule has 21 heavy (non-hydrogen) atoms. The fourth-order valence-electron chi connectivity index (χ4n) is 2.04. The van der Waals surface area contributed by atoms with Crippen LogP contribution in [0.3, 0.4) is 0 Å². The van der Waals surface area contributed by atoms with E-state index in [4.69, 9.17) is 0 Å². The monoisotopic (exact) mass is 298 g/mol. The smallest absolute Gasteiger partial charge is 0.311 e. The van der Waals surface area contributed by atoms with E-state index in [9.17, 15) is 14.4 Å². The predicted octanol–water partition coefficient (Wildman–Crippen LogP) is -0.771. The van der Waals surface area contributed by atoms with Crippen molar-refractivity contribution in [3.05, 3.63) is 0 Å². The fraction of sp³-hybridized carbons (Fsp3) is 0.786. The van der Waals surface area contributed by atoms with Gasteiger partial charge in [-0.1, -0.05) is 0 Å². The molecular formula is C14H26N4O3. The summed E-state index contributed by atoms with van der Waals surface area (Å²) in [4.78, 5) is 36.8. The standard InChI is InChI=1S/C14H26N4O3/c1-14(2,3)17-11(19)5-7-16-12(20)13(21)18-9-4-6-15-8-10-18/h15H,4-10H2,1-3H3,(H,16,20)(H,17,19). The summed E-state index contributed by atoms with van der Waals surface area (Å²) in [6.45, 7) is 8.52. The lowest BCUT2D eigenvalue weighted by atomic mass is 10.1. The molecule has 0 spiro atoms. The van der Waals surface area contributed by atoms with Gasteiger partial charge < -0.3 is 20.9 Å². The summed E-state index contributed by atoms with van der Waals surface area (Å²) in [5, 5.41) is 8.48. The average molecular weight is 298 g/mol. The Morgan fingerprint density at radius 1 is 1.14 bits per heavy atom. The molecule has 0 aromatic rings. The number of hydrogen-bond donors (Lipinski definition) is 3. The highest BCUT2D eigenvalue weighted by molar-refractivity contribution is 6.35. The lowest BCUT2D eigenvalue weighted by molar-refractivity contribution is -0.145. The van der Waals surface area contributed by atoms with Crippen molar-refractivity contribution in [3.8, 4) is 0 Å². The van der Waals surface area contributed by atoms with Crippen LogP contribution in [0.15, 0.2) is 0 Å². The van der Waals surface area contributed by atoms with E-state index in [0.717, 1.165) is 13.0 Å². The van der Waals surface area contributed by atoms with E-state index < -0.39 is 11.8 Å². The van der Waals surface area contributed by atoms with Gasteiger partial charge in [-0.05, 0) is 33.7 Å². The predicted molar refractivity (Wildman–Crippen MR) is 79.6 cm³/mol. The lowest BCUT2D eigenvalue weighted by Gasteiger charge is -2.21. The maximum Gasteiger partial charge on any atom is 0.311 e. The maximum atomic E-state index is 11.9. The quantitative estimate of drug-likeness (QED) is 0.597. The molecule has 7 nitrogen and oxygen atoms in total. The van der Waals surface area contributed by atoms with Crippen LogP contribution in [0.4, 0.5) is 0 Å². The zero-order valence-electron chi connectivity index (χ0n) is 13.1. The van der Waals surface area contributed by atoms with Crippen LogP contribution in [0.25, 0.3) is 0 Å². The van der Waals surface area contributed by atoms with Crippen molar-refractivity contribution in [3.63, 3.8) is 0 Å². The lowest BCUT2D eigenvalue weighted by Crippen LogP contribution is -2.46. The molecule has 0 saturated carbocycles. The van der Waals surface area contributed by atoms with Crippen LogP contribution < -0.4 is 16.0 Å². The molecule has 3 N–H and O–H groups in total. The minimum atomic E-state index is -0.638. The third-order valence-corrected chi connectivity index (χ3v) is 2.97. The van der Waals surface area contributed by atoms with Gasteiger partial charge in [-0.15, -0.1) is 0 Å². The van der Waals surface area contributed by atoms with Gasteiger partial charge >= 0.3 is 11.8 Å². The minimum Gasteiger partial charge on any atom is -0.351 e. The van der Waals surface area contributed by atoms with E-state index in [1.165, 1.54) is 0 Å². The summed E-state index contributed by atoms with van der Waals surface area (Å²) in [6.07, 6.45) is 1.00. The Kier molecular flexibility index (Phi) is 6.61. The van der Waals surface area contributed by atoms with Crippen LogP contribution in [0.5, 0.6) is 0 Å².